The Bertz CT molecular complexity index is 208. The molecule has 2 nitrogen and oxygen atoms in total. The van der Waals surface area contributed by atoms with Gasteiger partial charge in [0.1, 0.15) is 0 Å². The Morgan fingerprint density at radius 2 is 2.40 bits per heavy atom. The van der Waals surface area contributed by atoms with E-state index in [1.165, 1.54) is 6.08 Å². The second kappa shape index (κ2) is 3.13. The Hall–Kier alpha value is -1.15. The lowest BCUT2D eigenvalue weighted by Crippen LogP contribution is -1.95. The molecule has 0 aromatic carbocycles. The molecule has 0 fully saturated rings. The van der Waals surface area contributed by atoms with Crippen LogP contribution in [0.3, 0.4) is 0 Å². The molecule has 10 heavy (non-hydrogen) atoms. The van der Waals surface area contributed by atoms with Gasteiger partial charge < -0.3 is 5.11 Å². The highest BCUT2D eigenvalue weighted by Gasteiger charge is 2.02. The van der Waals surface area contributed by atoms with Crippen molar-refractivity contribution in [2.45, 2.75) is 0 Å². The second-order valence-electron chi connectivity index (χ2n) is 1.80. The standard InChI is InChI=1S/C8H8NO/c1-2-8(10)7-5-3-4-6-9-7/h2-6,10H,1H2. The van der Waals surface area contributed by atoms with Gasteiger partial charge in [0.05, 0.1) is 5.69 Å². The van der Waals surface area contributed by atoms with Gasteiger partial charge in [0.15, 0.2) is 6.10 Å². The van der Waals surface area contributed by atoms with Crippen LogP contribution in [0.1, 0.15) is 5.69 Å². The third-order valence-corrected chi connectivity index (χ3v) is 1.12. The molecule has 1 radical (unpaired) electrons. The molecular formula is C8H8NO. The maximum absolute atomic E-state index is 9.07. The van der Waals surface area contributed by atoms with Gasteiger partial charge in [-0.15, -0.1) is 0 Å². The number of aromatic nitrogens is 1. The normalized spacial score (nSPS) is 9.80. The van der Waals surface area contributed by atoms with Crippen LogP contribution in [0.15, 0.2) is 37.1 Å². The van der Waals surface area contributed by atoms with Crippen molar-refractivity contribution >= 4 is 0 Å². The molecule has 0 saturated heterocycles. The van der Waals surface area contributed by atoms with Crippen LogP contribution in [0.2, 0.25) is 0 Å². The van der Waals surface area contributed by atoms with Crippen LogP contribution in [0.4, 0.5) is 0 Å². The van der Waals surface area contributed by atoms with E-state index in [9.17, 15) is 0 Å². The minimum absolute atomic E-state index is 0.112. The number of pyridine rings is 1. The lowest BCUT2D eigenvalue weighted by atomic mass is 10.2. The van der Waals surface area contributed by atoms with Gasteiger partial charge in [0.2, 0.25) is 0 Å². The molecule has 1 N–H and O–H groups in total. The van der Waals surface area contributed by atoms with Crippen LogP contribution in [0, 0.1) is 6.10 Å². The van der Waals surface area contributed by atoms with Gasteiger partial charge in [-0.3, -0.25) is 4.98 Å². The van der Waals surface area contributed by atoms with E-state index in [2.05, 4.69) is 11.6 Å². The van der Waals surface area contributed by atoms with Crippen LogP contribution >= 0.6 is 0 Å². The molecule has 2 heteroatoms. The molecule has 0 bridgehead atoms. The largest absolute Gasteiger partial charge is 0.376 e. The second-order valence-corrected chi connectivity index (χ2v) is 1.80. The molecule has 0 aliphatic carbocycles. The van der Waals surface area contributed by atoms with E-state index in [0.717, 1.165) is 0 Å². The molecule has 1 aromatic rings. The number of hydrogen-bond acceptors (Lipinski definition) is 2. The first-order chi connectivity index (χ1) is 4.84. The summed E-state index contributed by atoms with van der Waals surface area (Å²) in [5, 5.41) is 9.07. The lowest BCUT2D eigenvalue weighted by molar-refractivity contribution is 0.359. The molecule has 0 amide bonds. The van der Waals surface area contributed by atoms with Crippen molar-refractivity contribution in [1.29, 1.82) is 0 Å². The van der Waals surface area contributed by atoms with Crippen molar-refractivity contribution in [2.75, 3.05) is 0 Å². The molecule has 0 spiro atoms. The van der Waals surface area contributed by atoms with E-state index in [1.807, 2.05) is 6.07 Å². The van der Waals surface area contributed by atoms with Crippen molar-refractivity contribution in [3.8, 4) is 0 Å². The van der Waals surface area contributed by atoms with E-state index >= 15 is 0 Å². The molecule has 51 valence electrons. The number of aliphatic hydroxyl groups excluding tert-OH is 1. The van der Waals surface area contributed by atoms with Crippen molar-refractivity contribution in [3.63, 3.8) is 0 Å². The molecule has 1 heterocycles. The molecule has 0 aliphatic rings. The van der Waals surface area contributed by atoms with E-state index in [0.29, 0.717) is 5.69 Å². The summed E-state index contributed by atoms with van der Waals surface area (Å²) in [4.78, 5) is 3.89. The summed E-state index contributed by atoms with van der Waals surface area (Å²) in [5.74, 6) is 0. The highest BCUT2D eigenvalue weighted by atomic mass is 16.3. The van der Waals surface area contributed by atoms with Crippen molar-refractivity contribution in [2.24, 2.45) is 0 Å². The summed E-state index contributed by atoms with van der Waals surface area (Å²) in [7, 11) is 0. The van der Waals surface area contributed by atoms with Crippen LogP contribution < -0.4 is 0 Å². The molecule has 0 aliphatic heterocycles. The van der Waals surface area contributed by atoms with Gasteiger partial charge in [0.25, 0.3) is 0 Å². The lowest BCUT2D eigenvalue weighted by Gasteiger charge is -1.99. The Balaban J connectivity index is 2.84. The van der Waals surface area contributed by atoms with Gasteiger partial charge in [-0.1, -0.05) is 18.7 Å². The minimum Gasteiger partial charge on any atom is -0.376 e. The van der Waals surface area contributed by atoms with Crippen molar-refractivity contribution in [1.82, 2.24) is 4.98 Å². The molecule has 0 atom stereocenters. The average Bonchev–Trinajstić information content (AvgIpc) is 2.05. The fraction of sp³-hybridized carbons (Fsp3) is 0. The van der Waals surface area contributed by atoms with Gasteiger partial charge in [-0.2, -0.15) is 0 Å². The maximum atomic E-state index is 9.07. The fourth-order valence-electron chi connectivity index (χ4n) is 0.619. The minimum atomic E-state index is 0.112. The van der Waals surface area contributed by atoms with Gasteiger partial charge in [0, 0.05) is 6.20 Å². The zero-order valence-corrected chi connectivity index (χ0v) is 5.49. The average molecular weight is 134 g/mol. The highest BCUT2D eigenvalue weighted by Crippen LogP contribution is 2.06. The first-order valence-electron chi connectivity index (χ1n) is 2.94. The Morgan fingerprint density at radius 3 is 2.90 bits per heavy atom. The number of hydrogen-bond donors (Lipinski definition) is 1. The Morgan fingerprint density at radius 1 is 1.60 bits per heavy atom. The maximum Gasteiger partial charge on any atom is 0.162 e. The SMILES string of the molecule is C=C[C](O)c1ccccn1. The quantitative estimate of drug-likeness (QED) is 0.665. The summed E-state index contributed by atoms with van der Waals surface area (Å²) in [6, 6.07) is 5.32. The van der Waals surface area contributed by atoms with Crippen LogP contribution in [-0.4, -0.2) is 10.1 Å². The van der Waals surface area contributed by atoms with Crippen molar-refractivity contribution < 1.29 is 5.11 Å². The molecule has 0 unspecified atom stereocenters. The van der Waals surface area contributed by atoms with E-state index in [4.69, 9.17) is 5.11 Å². The summed E-state index contributed by atoms with van der Waals surface area (Å²) < 4.78 is 0. The predicted octanol–water partition coefficient (Wildman–Crippen LogP) is 1.52. The Kier molecular flexibility index (Phi) is 2.18. The monoisotopic (exact) mass is 134 g/mol. The van der Waals surface area contributed by atoms with E-state index < -0.39 is 0 Å². The van der Waals surface area contributed by atoms with Gasteiger partial charge in [-0.25, -0.2) is 0 Å². The number of aliphatic hydroxyl groups is 1. The molecular weight excluding hydrogens is 126 g/mol. The predicted molar refractivity (Wildman–Crippen MR) is 38.7 cm³/mol. The van der Waals surface area contributed by atoms with Crippen LogP contribution in [0.5, 0.6) is 0 Å². The van der Waals surface area contributed by atoms with E-state index in [-0.39, 0.29) is 6.10 Å². The summed E-state index contributed by atoms with van der Waals surface area (Å²) in [5.41, 5.74) is 0.553. The smallest absolute Gasteiger partial charge is 0.162 e. The third kappa shape index (κ3) is 1.42. The molecule has 1 rings (SSSR count). The fourth-order valence-corrected chi connectivity index (χ4v) is 0.619. The van der Waals surface area contributed by atoms with E-state index in [1.54, 1.807) is 18.3 Å². The third-order valence-electron chi connectivity index (χ3n) is 1.12. The van der Waals surface area contributed by atoms with Gasteiger partial charge in [-0.05, 0) is 12.1 Å². The van der Waals surface area contributed by atoms with Crippen LogP contribution in [0.25, 0.3) is 0 Å². The number of rotatable bonds is 2. The zero-order chi connectivity index (χ0) is 7.40. The summed E-state index contributed by atoms with van der Waals surface area (Å²) >= 11 is 0. The van der Waals surface area contributed by atoms with Gasteiger partial charge >= 0.3 is 0 Å². The molecule has 1 aromatic heterocycles. The molecule has 0 saturated carbocycles. The zero-order valence-electron chi connectivity index (χ0n) is 5.49. The first-order valence-corrected chi connectivity index (χ1v) is 2.94. The van der Waals surface area contributed by atoms with Crippen molar-refractivity contribution in [3.05, 3.63) is 48.8 Å². The highest BCUT2D eigenvalue weighted by molar-refractivity contribution is 5.23. The number of nitrogens with zero attached hydrogens (tertiary/aromatic N) is 1. The van der Waals surface area contributed by atoms with Crippen LogP contribution in [-0.2, 0) is 0 Å². The summed E-state index contributed by atoms with van der Waals surface area (Å²) in [6.45, 7) is 3.41. The summed E-state index contributed by atoms with van der Waals surface area (Å²) in [6.07, 6.45) is 3.10. The first kappa shape index (κ1) is 6.96. The Labute approximate surface area is 59.9 Å². The topological polar surface area (TPSA) is 33.1 Å².